The Balaban J connectivity index is 2.26. The standard InChI is InChI=1S/C17H18FO4P/c1-3-21-23(20,22-4-2)16-11-7-14(8-12-16)17(19)13-5-9-15(18)10-6-13/h5-12H,3-4H2,1-2H3. The first-order valence-corrected chi connectivity index (χ1v) is 8.84. The molecule has 0 saturated heterocycles. The Morgan fingerprint density at radius 1 is 0.913 bits per heavy atom. The second-order valence-corrected chi connectivity index (χ2v) is 6.74. The molecule has 2 aromatic rings. The van der Waals surface area contributed by atoms with E-state index in [1.165, 1.54) is 24.3 Å². The van der Waals surface area contributed by atoms with Crippen molar-refractivity contribution in [3.8, 4) is 0 Å². The molecule has 0 spiro atoms. The number of rotatable bonds is 7. The van der Waals surface area contributed by atoms with E-state index in [4.69, 9.17) is 9.05 Å². The van der Waals surface area contributed by atoms with E-state index in [2.05, 4.69) is 0 Å². The van der Waals surface area contributed by atoms with Gasteiger partial charge in [0.05, 0.1) is 18.5 Å². The molecule has 0 aliphatic heterocycles. The van der Waals surface area contributed by atoms with Crippen molar-refractivity contribution in [1.29, 1.82) is 0 Å². The molecule has 2 aromatic carbocycles. The highest BCUT2D eigenvalue weighted by atomic mass is 31.2. The fraction of sp³-hybridized carbons (Fsp3) is 0.235. The molecule has 2 rings (SSSR count). The van der Waals surface area contributed by atoms with Crippen LogP contribution >= 0.6 is 7.60 Å². The molecule has 0 aliphatic carbocycles. The van der Waals surface area contributed by atoms with Gasteiger partial charge in [-0.3, -0.25) is 9.36 Å². The molecule has 4 nitrogen and oxygen atoms in total. The molecule has 0 unspecified atom stereocenters. The monoisotopic (exact) mass is 336 g/mol. The van der Waals surface area contributed by atoms with Crippen LogP contribution in [0, 0.1) is 5.82 Å². The minimum Gasteiger partial charge on any atom is -0.305 e. The summed E-state index contributed by atoms with van der Waals surface area (Å²) in [5, 5.41) is 0.400. The molecule has 0 bridgehead atoms. The topological polar surface area (TPSA) is 52.6 Å². The average Bonchev–Trinajstić information content (AvgIpc) is 2.55. The Bertz CT molecular complexity index is 700. The third-order valence-electron chi connectivity index (χ3n) is 3.15. The van der Waals surface area contributed by atoms with Gasteiger partial charge in [0.1, 0.15) is 5.82 Å². The molecule has 0 atom stereocenters. The summed E-state index contributed by atoms with van der Waals surface area (Å²) < 4.78 is 36.1. The van der Waals surface area contributed by atoms with Crippen LogP contribution in [0.3, 0.4) is 0 Å². The first-order valence-electron chi connectivity index (χ1n) is 7.30. The van der Waals surface area contributed by atoms with Crippen LogP contribution in [-0.4, -0.2) is 19.0 Å². The van der Waals surface area contributed by atoms with Crippen LogP contribution in [0.2, 0.25) is 0 Å². The summed E-state index contributed by atoms with van der Waals surface area (Å²) in [5.74, 6) is -0.634. The van der Waals surface area contributed by atoms with E-state index in [1.807, 2.05) is 0 Å². The third-order valence-corrected chi connectivity index (χ3v) is 5.28. The fourth-order valence-electron chi connectivity index (χ4n) is 2.09. The van der Waals surface area contributed by atoms with E-state index in [9.17, 15) is 13.8 Å². The zero-order valence-electron chi connectivity index (χ0n) is 13.0. The number of hydrogen-bond acceptors (Lipinski definition) is 4. The highest BCUT2D eigenvalue weighted by Crippen LogP contribution is 2.46. The summed E-state index contributed by atoms with van der Waals surface area (Å²) in [6, 6.07) is 11.6. The van der Waals surface area contributed by atoms with Crippen LogP contribution in [-0.2, 0) is 13.6 Å². The number of hydrogen-bond donors (Lipinski definition) is 0. The van der Waals surface area contributed by atoms with Gasteiger partial charge in [0.15, 0.2) is 5.78 Å². The van der Waals surface area contributed by atoms with Gasteiger partial charge >= 0.3 is 7.60 Å². The minimum atomic E-state index is -3.36. The van der Waals surface area contributed by atoms with Crippen LogP contribution in [0.1, 0.15) is 29.8 Å². The summed E-state index contributed by atoms with van der Waals surface area (Å²) in [7, 11) is -3.36. The van der Waals surface area contributed by atoms with Crippen molar-refractivity contribution >= 4 is 18.7 Å². The van der Waals surface area contributed by atoms with Crippen molar-refractivity contribution in [2.45, 2.75) is 13.8 Å². The quantitative estimate of drug-likeness (QED) is 0.567. The summed E-state index contributed by atoms with van der Waals surface area (Å²) >= 11 is 0. The molecule has 0 radical (unpaired) electrons. The van der Waals surface area contributed by atoms with Crippen molar-refractivity contribution in [3.05, 3.63) is 65.5 Å². The van der Waals surface area contributed by atoms with Crippen LogP contribution in [0.5, 0.6) is 0 Å². The summed E-state index contributed by atoms with van der Waals surface area (Å²) in [5.41, 5.74) is 0.803. The summed E-state index contributed by atoms with van der Waals surface area (Å²) in [4.78, 5) is 12.3. The molecule has 0 saturated carbocycles. The summed E-state index contributed by atoms with van der Waals surface area (Å²) in [6.45, 7) is 3.98. The first-order chi connectivity index (χ1) is 11.0. The Hall–Kier alpha value is -1.81. The molecular formula is C17H18FO4P. The maximum atomic E-state index is 12.9. The maximum Gasteiger partial charge on any atom is 0.361 e. The Morgan fingerprint density at radius 3 is 1.78 bits per heavy atom. The van der Waals surface area contributed by atoms with Gasteiger partial charge in [0.2, 0.25) is 0 Å². The Kier molecular flexibility index (Phi) is 5.83. The van der Waals surface area contributed by atoms with E-state index in [1.54, 1.807) is 38.1 Å². The number of carbonyl (C=O) groups excluding carboxylic acids is 1. The van der Waals surface area contributed by atoms with Gasteiger partial charge in [0, 0.05) is 11.1 Å². The van der Waals surface area contributed by atoms with Gasteiger partial charge < -0.3 is 9.05 Å². The van der Waals surface area contributed by atoms with Gasteiger partial charge in [-0.05, 0) is 50.2 Å². The normalized spacial score (nSPS) is 11.4. The second-order valence-electron chi connectivity index (χ2n) is 4.72. The van der Waals surface area contributed by atoms with Gasteiger partial charge in [-0.1, -0.05) is 12.1 Å². The molecule has 0 amide bonds. The predicted octanol–water partition coefficient (Wildman–Crippen LogP) is 3.95. The van der Waals surface area contributed by atoms with E-state index in [0.717, 1.165) is 0 Å². The molecule has 6 heteroatoms. The highest BCUT2D eigenvalue weighted by molar-refractivity contribution is 7.62. The first kappa shape index (κ1) is 17.5. The largest absolute Gasteiger partial charge is 0.361 e. The highest BCUT2D eigenvalue weighted by Gasteiger charge is 2.26. The second kappa shape index (κ2) is 7.64. The molecule has 23 heavy (non-hydrogen) atoms. The van der Waals surface area contributed by atoms with E-state index < -0.39 is 13.4 Å². The van der Waals surface area contributed by atoms with Crippen molar-refractivity contribution in [1.82, 2.24) is 0 Å². The van der Waals surface area contributed by atoms with Crippen molar-refractivity contribution in [2.24, 2.45) is 0 Å². The fourth-order valence-corrected chi connectivity index (χ4v) is 3.66. The Morgan fingerprint density at radius 2 is 1.35 bits per heavy atom. The lowest BCUT2D eigenvalue weighted by Gasteiger charge is -2.17. The minimum absolute atomic E-state index is 0.237. The zero-order valence-corrected chi connectivity index (χ0v) is 13.9. The van der Waals surface area contributed by atoms with Crippen LogP contribution in [0.25, 0.3) is 0 Å². The Labute approximate surface area is 134 Å². The lowest BCUT2D eigenvalue weighted by atomic mass is 10.0. The van der Waals surface area contributed by atoms with Gasteiger partial charge in [-0.25, -0.2) is 4.39 Å². The number of carbonyl (C=O) groups is 1. The van der Waals surface area contributed by atoms with Gasteiger partial charge in [0.25, 0.3) is 0 Å². The molecule has 122 valence electrons. The van der Waals surface area contributed by atoms with Crippen LogP contribution in [0.4, 0.5) is 4.39 Å². The van der Waals surface area contributed by atoms with Gasteiger partial charge in [-0.15, -0.1) is 0 Å². The molecule has 0 aromatic heterocycles. The van der Waals surface area contributed by atoms with Crippen molar-refractivity contribution < 1.29 is 22.8 Å². The molecular weight excluding hydrogens is 318 g/mol. The average molecular weight is 336 g/mol. The SMILES string of the molecule is CCOP(=O)(OCC)c1ccc(C(=O)c2ccc(F)cc2)cc1. The van der Waals surface area contributed by atoms with E-state index in [0.29, 0.717) is 16.4 Å². The maximum absolute atomic E-state index is 12.9. The molecule has 0 N–H and O–H groups in total. The van der Waals surface area contributed by atoms with Crippen molar-refractivity contribution in [3.63, 3.8) is 0 Å². The molecule has 0 heterocycles. The van der Waals surface area contributed by atoms with Gasteiger partial charge in [-0.2, -0.15) is 0 Å². The van der Waals surface area contributed by atoms with Crippen LogP contribution < -0.4 is 5.30 Å². The lowest BCUT2D eigenvalue weighted by Crippen LogP contribution is -2.12. The molecule has 0 aliphatic rings. The number of ketones is 1. The zero-order chi connectivity index (χ0) is 16.9. The lowest BCUT2D eigenvalue weighted by molar-refractivity contribution is 0.103. The van der Waals surface area contributed by atoms with Crippen molar-refractivity contribution in [2.75, 3.05) is 13.2 Å². The van der Waals surface area contributed by atoms with Crippen LogP contribution in [0.15, 0.2) is 48.5 Å². The number of halogens is 1. The van der Waals surface area contributed by atoms with E-state index >= 15 is 0 Å². The molecule has 0 fully saturated rings. The number of benzene rings is 2. The smallest absolute Gasteiger partial charge is 0.305 e. The van der Waals surface area contributed by atoms with E-state index in [-0.39, 0.29) is 19.0 Å². The predicted molar refractivity (Wildman–Crippen MR) is 86.8 cm³/mol. The summed E-state index contributed by atoms with van der Waals surface area (Å²) in [6.07, 6.45) is 0. The third kappa shape index (κ3) is 4.14.